The summed E-state index contributed by atoms with van der Waals surface area (Å²) in [5.74, 6) is 1.16. The van der Waals surface area contributed by atoms with Crippen LogP contribution in [0.2, 0.25) is 0 Å². The second-order valence-corrected chi connectivity index (χ2v) is 10.8. The molecule has 3 aromatic rings. The van der Waals surface area contributed by atoms with Crippen molar-refractivity contribution in [1.29, 1.82) is 0 Å². The third-order valence-electron chi connectivity index (χ3n) is 7.32. The number of benzene rings is 3. The van der Waals surface area contributed by atoms with E-state index in [-0.39, 0.29) is 18.4 Å². The molecule has 3 aromatic carbocycles. The molecule has 0 radical (unpaired) electrons. The number of nitrogens with one attached hydrogen (secondary N) is 2. The molecule has 1 atom stereocenters. The van der Waals surface area contributed by atoms with Crippen LogP contribution in [-0.2, 0) is 29.2 Å². The van der Waals surface area contributed by atoms with Crippen molar-refractivity contribution in [2.45, 2.75) is 72.1 Å². The van der Waals surface area contributed by atoms with E-state index in [2.05, 4.69) is 48.7 Å². The van der Waals surface area contributed by atoms with E-state index in [9.17, 15) is 9.59 Å². The largest absolute Gasteiger partial charge is 0.493 e. The number of ether oxygens (including phenoxy) is 2. The summed E-state index contributed by atoms with van der Waals surface area (Å²) in [5.41, 5.74) is 5.61. The second kappa shape index (κ2) is 15.2. The maximum atomic E-state index is 13.5. The molecule has 2 amide bonds. The molecule has 4 rings (SSSR count). The van der Waals surface area contributed by atoms with E-state index in [4.69, 9.17) is 9.47 Å². The van der Waals surface area contributed by atoms with Gasteiger partial charge in [0.15, 0.2) is 6.61 Å². The number of amides is 2. The SMILES string of the molecule is CCCOc1ccc(CN(C(=O)COc2ccc(CNCc3ccc(C)cc3)cc2)C2CCCCNC2=O)cc1C. The second-order valence-electron chi connectivity index (χ2n) is 10.8. The van der Waals surface area contributed by atoms with Gasteiger partial charge in [-0.05, 0) is 80.0 Å². The topological polar surface area (TPSA) is 79.9 Å². The lowest BCUT2D eigenvalue weighted by atomic mass is 10.1. The lowest BCUT2D eigenvalue weighted by molar-refractivity contribution is -0.142. The Morgan fingerprint density at radius 1 is 0.927 bits per heavy atom. The van der Waals surface area contributed by atoms with Crippen LogP contribution in [0.3, 0.4) is 0 Å². The fourth-order valence-electron chi connectivity index (χ4n) is 4.96. The minimum Gasteiger partial charge on any atom is -0.493 e. The smallest absolute Gasteiger partial charge is 0.261 e. The van der Waals surface area contributed by atoms with Crippen LogP contribution in [0.4, 0.5) is 0 Å². The summed E-state index contributed by atoms with van der Waals surface area (Å²) in [6.45, 7) is 9.20. The van der Waals surface area contributed by atoms with Gasteiger partial charge in [-0.25, -0.2) is 0 Å². The molecule has 0 spiro atoms. The van der Waals surface area contributed by atoms with E-state index in [1.165, 1.54) is 11.1 Å². The van der Waals surface area contributed by atoms with Crippen molar-refractivity contribution >= 4 is 11.8 Å². The molecular formula is C34H43N3O4. The lowest BCUT2D eigenvalue weighted by Gasteiger charge is -2.30. The molecular weight excluding hydrogens is 514 g/mol. The minimum atomic E-state index is -0.521. The molecule has 41 heavy (non-hydrogen) atoms. The molecule has 2 N–H and O–H groups in total. The summed E-state index contributed by atoms with van der Waals surface area (Å²) in [4.78, 5) is 28.1. The van der Waals surface area contributed by atoms with Crippen LogP contribution < -0.4 is 20.1 Å². The minimum absolute atomic E-state index is 0.0991. The molecule has 1 aliphatic heterocycles. The molecule has 1 fully saturated rings. The number of carbonyl (C=O) groups is 2. The van der Waals surface area contributed by atoms with E-state index in [1.54, 1.807) is 4.90 Å². The Labute approximate surface area is 244 Å². The first-order chi connectivity index (χ1) is 19.9. The van der Waals surface area contributed by atoms with Crippen LogP contribution >= 0.6 is 0 Å². The number of nitrogens with zero attached hydrogens (tertiary/aromatic N) is 1. The van der Waals surface area contributed by atoms with Crippen LogP contribution in [0.15, 0.2) is 66.7 Å². The highest BCUT2D eigenvalue weighted by molar-refractivity contribution is 5.88. The number of aryl methyl sites for hydroxylation is 2. The molecule has 0 bridgehead atoms. The van der Waals surface area contributed by atoms with E-state index < -0.39 is 6.04 Å². The van der Waals surface area contributed by atoms with Crippen LogP contribution in [-0.4, -0.2) is 42.5 Å². The summed E-state index contributed by atoms with van der Waals surface area (Å²) < 4.78 is 11.7. The highest BCUT2D eigenvalue weighted by Crippen LogP contribution is 2.23. The van der Waals surface area contributed by atoms with Gasteiger partial charge in [-0.15, -0.1) is 0 Å². The van der Waals surface area contributed by atoms with Gasteiger partial charge in [-0.3, -0.25) is 9.59 Å². The molecule has 1 saturated heterocycles. The lowest BCUT2D eigenvalue weighted by Crippen LogP contribution is -2.49. The predicted molar refractivity (Wildman–Crippen MR) is 162 cm³/mol. The Hall–Kier alpha value is -3.84. The molecule has 1 unspecified atom stereocenters. The molecule has 1 aliphatic rings. The standard InChI is InChI=1S/C34H43N3O4/c1-4-19-40-32-17-14-29(20-26(32)3)23-37(31-7-5-6-18-36-34(31)39)33(38)24-41-30-15-12-28(13-16-30)22-35-21-27-10-8-25(2)9-11-27/h8-17,20,31,35H,4-7,18-19,21-24H2,1-3H3,(H,36,39). The number of carbonyl (C=O) groups excluding carboxylic acids is 2. The van der Waals surface area contributed by atoms with Gasteiger partial charge in [0.1, 0.15) is 17.5 Å². The molecule has 0 aliphatic carbocycles. The van der Waals surface area contributed by atoms with Gasteiger partial charge < -0.3 is 25.0 Å². The molecule has 7 nitrogen and oxygen atoms in total. The zero-order chi connectivity index (χ0) is 29.0. The summed E-state index contributed by atoms with van der Waals surface area (Å²) >= 11 is 0. The molecule has 7 heteroatoms. The number of hydrogen-bond acceptors (Lipinski definition) is 5. The van der Waals surface area contributed by atoms with Crippen molar-refractivity contribution in [2.75, 3.05) is 19.8 Å². The maximum Gasteiger partial charge on any atom is 0.261 e. The van der Waals surface area contributed by atoms with E-state index in [0.717, 1.165) is 54.8 Å². The first-order valence-electron chi connectivity index (χ1n) is 14.7. The normalized spacial score (nSPS) is 15.1. The van der Waals surface area contributed by atoms with Crippen LogP contribution in [0.25, 0.3) is 0 Å². The van der Waals surface area contributed by atoms with Crippen molar-refractivity contribution in [3.05, 3.63) is 94.5 Å². The zero-order valence-electron chi connectivity index (χ0n) is 24.6. The fourth-order valence-corrected chi connectivity index (χ4v) is 4.96. The van der Waals surface area contributed by atoms with Gasteiger partial charge >= 0.3 is 0 Å². The Bertz CT molecular complexity index is 1270. The first-order valence-corrected chi connectivity index (χ1v) is 14.7. The van der Waals surface area contributed by atoms with Crippen molar-refractivity contribution in [2.24, 2.45) is 0 Å². The summed E-state index contributed by atoms with van der Waals surface area (Å²) in [7, 11) is 0. The van der Waals surface area contributed by atoms with Gasteiger partial charge in [-0.2, -0.15) is 0 Å². The average molecular weight is 558 g/mol. The molecule has 218 valence electrons. The van der Waals surface area contributed by atoms with Gasteiger partial charge in [0.25, 0.3) is 5.91 Å². The maximum absolute atomic E-state index is 13.5. The third-order valence-corrected chi connectivity index (χ3v) is 7.32. The van der Waals surface area contributed by atoms with Crippen molar-refractivity contribution in [3.8, 4) is 11.5 Å². The Morgan fingerprint density at radius 3 is 2.29 bits per heavy atom. The van der Waals surface area contributed by atoms with Crippen molar-refractivity contribution < 1.29 is 19.1 Å². The van der Waals surface area contributed by atoms with Gasteiger partial charge in [0.05, 0.1) is 6.61 Å². The van der Waals surface area contributed by atoms with Crippen molar-refractivity contribution in [3.63, 3.8) is 0 Å². The fraction of sp³-hybridized carbons (Fsp3) is 0.412. The van der Waals surface area contributed by atoms with Gasteiger partial charge in [0.2, 0.25) is 5.91 Å². The Balaban J connectivity index is 1.36. The summed E-state index contributed by atoms with van der Waals surface area (Å²) in [5, 5.41) is 6.43. The number of rotatable bonds is 13. The third kappa shape index (κ3) is 9.08. The molecule has 1 heterocycles. The van der Waals surface area contributed by atoms with Crippen molar-refractivity contribution in [1.82, 2.24) is 15.5 Å². The summed E-state index contributed by atoms with van der Waals surface area (Å²) in [6, 6.07) is 21.7. The number of hydrogen-bond donors (Lipinski definition) is 2. The van der Waals surface area contributed by atoms with Gasteiger partial charge in [-0.1, -0.05) is 61.0 Å². The van der Waals surface area contributed by atoms with Crippen LogP contribution in [0.5, 0.6) is 11.5 Å². The highest BCUT2D eigenvalue weighted by atomic mass is 16.5. The quantitative estimate of drug-likeness (QED) is 0.292. The first kappa shape index (κ1) is 30.1. The average Bonchev–Trinajstić information content (AvgIpc) is 3.20. The molecule has 0 aromatic heterocycles. The van der Waals surface area contributed by atoms with Crippen LogP contribution in [0.1, 0.15) is 60.4 Å². The Morgan fingerprint density at radius 2 is 1.61 bits per heavy atom. The highest BCUT2D eigenvalue weighted by Gasteiger charge is 2.31. The van der Waals surface area contributed by atoms with E-state index in [1.807, 2.05) is 49.4 Å². The van der Waals surface area contributed by atoms with Crippen LogP contribution in [0, 0.1) is 13.8 Å². The zero-order valence-corrected chi connectivity index (χ0v) is 24.6. The van der Waals surface area contributed by atoms with E-state index in [0.29, 0.717) is 31.9 Å². The summed E-state index contributed by atoms with van der Waals surface area (Å²) in [6.07, 6.45) is 3.37. The van der Waals surface area contributed by atoms with E-state index >= 15 is 0 Å². The monoisotopic (exact) mass is 557 g/mol. The predicted octanol–water partition coefficient (Wildman–Crippen LogP) is 5.46. The molecule has 0 saturated carbocycles. The Kier molecular flexibility index (Phi) is 11.2. The van der Waals surface area contributed by atoms with Gasteiger partial charge in [0, 0.05) is 26.2 Å².